The Bertz CT molecular complexity index is 1270. The number of ether oxygens (including phenoxy) is 1. The van der Waals surface area contributed by atoms with Crippen LogP contribution in [0.3, 0.4) is 0 Å². The van der Waals surface area contributed by atoms with Crippen LogP contribution in [-0.4, -0.2) is 16.8 Å². The van der Waals surface area contributed by atoms with Crippen LogP contribution < -0.4 is 15.4 Å². The van der Waals surface area contributed by atoms with E-state index < -0.39 is 0 Å². The molecule has 0 saturated carbocycles. The quantitative estimate of drug-likeness (QED) is 0.303. The summed E-state index contributed by atoms with van der Waals surface area (Å²) >= 11 is 1.29. The highest BCUT2D eigenvalue weighted by atomic mass is 32.1. The summed E-state index contributed by atoms with van der Waals surface area (Å²) in [6, 6.07) is 27.2. The number of carbonyl (C=O) groups excluding carboxylic acids is 2. The van der Waals surface area contributed by atoms with Crippen molar-refractivity contribution in [2.45, 2.75) is 19.6 Å². The molecule has 0 fully saturated rings. The lowest BCUT2D eigenvalue weighted by atomic mass is 10.2. The number of carbonyl (C=O) groups is 2. The first-order valence-corrected chi connectivity index (χ1v) is 12.0. The van der Waals surface area contributed by atoms with Crippen LogP contribution in [0.25, 0.3) is 6.08 Å². The second kappa shape index (κ2) is 12.3. The number of hydrogen-bond donors (Lipinski definition) is 2. The third kappa shape index (κ3) is 7.94. The lowest BCUT2D eigenvalue weighted by molar-refractivity contribution is -0.120. The third-order valence-corrected chi connectivity index (χ3v) is 5.82. The van der Waals surface area contributed by atoms with E-state index in [1.165, 1.54) is 17.4 Å². The van der Waals surface area contributed by atoms with E-state index in [0.29, 0.717) is 24.0 Å². The van der Waals surface area contributed by atoms with Gasteiger partial charge in [-0.3, -0.25) is 14.9 Å². The molecule has 0 atom stereocenters. The van der Waals surface area contributed by atoms with Gasteiger partial charge < -0.3 is 10.1 Å². The van der Waals surface area contributed by atoms with Crippen LogP contribution in [0.1, 0.15) is 22.4 Å². The van der Waals surface area contributed by atoms with Gasteiger partial charge in [-0.15, -0.1) is 11.3 Å². The molecule has 4 rings (SSSR count). The van der Waals surface area contributed by atoms with E-state index in [9.17, 15) is 9.59 Å². The van der Waals surface area contributed by atoms with Crippen LogP contribution in [-0.2, 0) is 29.2 Å². The predicted octanol–water partition coefficient (Wildman–Crippen LogP) is 5.23. The van der Waals surface area contributed by atoms with Crippen molar-refractivity contribution in [3.05, 3.63) is 119 Å². The van der Waals surface area contributed by atoms with Gasteiger partial charge in [0.2, 0.25) is 11.8 Å². The van der Waals surface area contributed by atoms with Gasteiger partial charge in [0.25, 0.3) is 0 Å². The standard InChI is InChI=1S/C28H25N3O3S/c32-26(16-13-21-7-3-1-4-8-21)31-28-30-24(20-35-28)17-27(33)29-18-22-11-14-25(15-12-22)34-19-23-9-5-2-6-10-23/h1-16,20H,17-19H2,(H,29,33)(H,30,31,32)/b16-13+. The van der Waals surface area contributed by atoms with Gasteiger partial charge in [-0.25, -0.2) is 4.98 Å². The van der Waals surface area contributed by atoms with Crippen LogP contribution >= 0.6 is 11.3 Å². The Kier molecular flexibility index (Phi) is 8.40. The van der Waals surface area contributed by atoms with Crippen LogP contribution in [0.2, 0.25) is 0 Å². The zero-order valence-electron chi connectivity index (χ0n) is 19.0. The van der Waals surface area contributed by atoms with E-state index in [1.807, 2.05) is 84.9 Å². The molecule has 0 aliphatic heterocycles. The van der Waals surface area contributed by atoms with Crippen LogP contribution in [0.5, 0.6) is 5.75 Å². The molecule has 0 spiro atoms. The molecule has 0 unspecified atom stereocenters. The van der Waals surface area contributed by atoms with Gasteiger partial charge in [-0.1, -0.05) is 72.8 Å². The maximum atomic E-state index is 12.3. The molecule has 0 bridgehead atoms. The summed E-state index contributed by atoms with van der Waals surface area (Å²) in [4.78, 5) is 28.8. The predicted molar refractivity (Wildman–Crippen MR) is 139 cm³/mol. The summed E-state index contributed by atoms with van der Waals surface area (Å²) in [5, 5.41) is 7.86. The molecule has 7 heteroatoms. The van der Waals surface area contributed by atoms with E-state index in [0.717, 1.165) is 22.4 Å². The van der Waals surface area contributed by atoms with Crippen molar-refractivity contribution in [1.29, 1.82) is 0 Å². The van der Waals surface area contributed by atoms with Crippen molar-refractivity contribution in [1.82, 2.24) is 10.3 Å². The summed E-state index contributed by atoms with van der Waals surface area (Å²) in [5.74, 6) is 0.372. The fraction of sp³-hybridized carbons (Fsp3) is 0.107. The van der Waals surface area contributed by atoms with Gasteiger partial charge in [0.15, 0.2) is 5.13 Å². The number of thiazole rings is 1. The fourth-order valence-corrected chi connectivity index (χ4v) is 3.91. The fourth-order valence-electron chi connectivity index (χ4n) is 3.20. The molecule has 2 N–H and O–H groups in total. The van der Waals surface area contributed by atoms with Gasteiger partial charge in [-0.05, 0) is 34.9 Å². The Morgan fingerprint density at radius 3 is 2.34 bits per heavy atom. The number of amides is 2. The molecule has 0 aliphatic carbocycles. The number of benzene rings is 3. The van der Waals surface area contributed by atoms with Crippen LogP contribution in [0, 0.1) is 0 Å². The number of rotatable bonds is 10. The molecule has 0 aliphatic rings. The zero-order chi connectivity index (χ0) is 24.3. The molecule has 1 aromatic heterocycles. The average Bonchev–Trinajstić information content (AvgIpc) is 3.33. The lowest BCUT2D eigenvalue weighted by Crippen LogP contribution is -2.24. The number of nitrogens with zero attached hydrogens (tertiary/aromatic N) is 1. The molecule has 35 heavy (non-hydrogen) atoms. The highest BCUT2D eigenvalue weighted by Crippen LogP contribution is 2.17. The van der Waals surface area contributed by atoms with Crippen LogP contribution in [0.4, 0.5) is 5.13 Å². The van der Waals surface area contributed by atoms with Gasteiger partial charge in [0, 0.05) is 18.0 Å². The second-order valence-corrected chi connectivity index (χ2v) is 8.61. The molecule has 176 valence electrons. The van der Waals surface area contributed by atoms with E-state index in [2.05, 4.69) is 15.6 Å². The van der Waals surface area contributed by atoms with Gasteiger partial charge in [-0.2, -0.15) is 0 Å². The first-order valence-electron chi connectivity index (χ1n) is 11.1. The summed E-state index contributed by atoms with van der Waals surface area (Å²) in [5.41, 5.74) is 3.63. The Morgan fingerprint density at radius 2 is 1.60 bits per heavy atom. The SMILES string of the molecule is O=C(/C=C/c1ccccc1)Nc1nc(CC(=O)NCc2ccc(OCc3ccccc3)cc2)cs1. The molecule has 4 aromatic rings. The minimum absolute atomic E-state index is 0.137. The molecule has 2 amide bonds. The summed E-state index contributed by atoms with van der Waals surface area (Å²) in [7, 11) is 0. The van der Waals surface area contributed by atoms with Crippen molar-refractivity contribution in [2.75, 3.05) is 5.32 Å². The summed E-state index contributed by atoms with van der Waals surface area (Å²) in [6.45, 7) is 0.923. The zero-order valence-corrected chi connectivity index (χ0v) is 19.8. The monoisotopic (exact) mass is 483 g/mol. The number of nitrogens with one attached hydrogen (secondary N) is 2. The number of hydrogen-bond acceptors (Lipinski definition) is 5. The molecule has 3 aromatic carbocycles. The van der Waals surface area contributed by atoms with Gasteiger partial charge in [0.05, 0.1) is 12.1 Å². The minimum atomic E-state index is -0.268. The first-order chi connectivity index (χ1) is 17.1. The van der Waals surface area contributed by atoms with E-state index in [4.69, 9.17) is 4.74 Å². The van der Waals surface area contributed by atoms with Gasteiger partial charge in [0.1, 0.15) is 12.4 Å². The van der Waals surface area contributed by atoms with Crippen molar-refractivity contribution < 1.29 is 14.3 Å². The smallest absolute Gasteiger partial charge is 0.250 e. The van der Waals surface area contributed by atoms with Crippen LogP contribution in [0.15, 0.2) is 96.4 Å². The molecule has 6 nitrogen and oxygen atoms in total. The first kappa shape index (κ1) is 23.9. The van der Waals surface area contributed by atoms with Crippen molar-refractivity contribution in [3.8, 4) is 5.75 Å². The Hall–Kier alpha value is -4.23. The highest BCUT2D eigenvalue weighted by Gasteiger charge is 2.09. The Labute approximate surface area is 208 Å². The molecule has 0 saturated heterocycles. The van der Waals surface area contributed by atoms with Crippen molar-refractivity contribution in [3.63, 3.8) is 0 Å². The Balaban J connectivity index is 1.19. The lowest BCUT2D eigenvalue weighted by Gasteiger charge is -2.08. The maximum absolute atomic E-state index is 12.3. The third-order valence-electron chi connectivity index (χ3n) is 5.01. The highest BCUT2D eigenvalue weighted by molar-refractivity contribution is 7.14. The van der Waals surface area contributed by atoms with Gasteiger partial charge >= 0.3 is 0 Å². The van der Waals surface area contributed by atoms with Crippen molar-refractivity contribution >= 4 is 34.4 Å². The van der Waals surface area contributed by atoms with Crippen molar-refractivity contribution in [2.24, 2.45) is 0 Å². The average molecular weight is 484 g/mol. The molecular weight excluding hydrogens is 458 g/mol. The molecule has 0 radical (unpaired) electrons. The van der Waals surface area contributed by atoms with E-state index in [1.54, 1.807) is 11.5 Å². The number of anilines is 1. The van der Waals surface area contributed by atoms with E-state index >= 15 is 0 Å². The molecular formula is C28H25N3O3S. The Morgan fingerprint density at radius 1 is 0.886 bits per heavy atom. The number of aromatic nitrogens is 1. The molecule has 1 heterocycles. The van der Waals surface area contributed by atoms with E-state index in [-0.39, 0.29) is 18.2 Å². The summed E-state index contributed by atoms with van der Waals surface area (Å²) in [6.07, 6.45) is 3.34. The second-order valence-electron chi connectivity index (χ2n) is 7.75. The summed E-state index contributed by atoms with van der Waals surface area (Å²) < 4.78 is 5.79. The largest absolute Gasteiger partial charge is 0.489 e. The topological polar surface area (TPSA) is 80.3 Å². The minimum Gasteiger partial charge on any atom is -0.489 e. The normalized spacial score (nSPS) is 10.7. The maximum Gasteiger partial charge on any atom is 0.250 e.